The van der Waals surface area contributed by atoms with Crippen LogP contribution in [0.25, 0.3) is 0 Å². The highest BCUT2D eigenvalue weighted by Gasteiger charge is 2.45. The van der Waals surface area contributed by atoms with E-state index in [1.165, 1.54) is 11.3 Å². The third-order valence-electron chi connectivity index (χ3n) is 5.22. The number of aryl methyl sites for hydroxylation is 1. The number of Topliss-reactive ketones (excluding diaryl/α,β-unsaturated/α-hetero) is 1. The second kappa shape index (κ2) is 9.51. The molecule has 168 valence electrons. The number of aliphatic hydroxyl groups is 4. The SMILES string of the molecule is O=C(CCc1ccc2c(c1)OCCO2)c1sccc1OC1OC(CO)C(O)C(O)C1O. The molecular formula is C21H24O9S. The maximum atomic E-state index is 12.8. The van der Waals surface area contributed by atoms with Crippen LogP contribution in [0.15, 0.2) is 29.6 Å². The van der Waals surface area contributed by atoms with Gasteiger partial charge in [-0.2, -0.15) is 0 Å². The van der Waals surface area contributed by atoms with Crippen LogP contribution < -0.4 is 14.2 Å². The maximum Gasteiger partial charge on any atom is 0.229 e. The van der Waals surface area contributed by atoms with Crippen molar-refractivity contribution in [2.24, 2.45) is 0 Å². The lowest BCUT2D eigenvalue weighted by atomic mass is 9.99. The monoisotopic (exact) mass is 452 g/mol. The highest BCUT2D eigenvalue weighted by molar-refractivity contribution is 7.12. The Kier molecular flexibility index (Phi) is 6.75. The van der Waals surface area contributed by atoms with Crippen molar-refractivity contribution in [1.29, 1.82) is 0 Å². The normalized spacial score (nSPS) is 27.7. The number of hydrogen-bond donors (Lipinski definition) is 4. The quantitative estimate of drug-likeness (QED) is 0.443. The molecule has 1 fully saturated rings. The van der Waals surface area contributed by atoms with Crippen molar-refractivity contribution in [3.8, 4) is 17.2 Å². The Hall–Kier alpha value is -2.21. The van der Waals surface area contributed by atoms with E-state index in [0.29, 0.717) is 36.0 Å². The van der Waals surface area contributed by atoms with E-state index in [0.717, 1.165) is 5.56 Å². The van der Waals surface area contributed by atoms with E-state index in [1.54, 1.807) is 11.4 Å². The molecule has 9 nitrogen and oxygen atoms in total. The highest BCUT2D eigenvalue weighted by Crippen LogP contribution is 2.33. The van der Waals surface area contributed by atoms with Gasteiger partial charge in [0.25, 0.3) is 0 Å². The van der Waals surface area contributed by atoms with Gasteiger partial charge in [-0.05, 0) is 35.6 Å². The smallest absolute Gasteiger partial charge is 0.229 e. The van der Waals surface area contributed by atoms with Crippen molar-refractivity contribution in [3.05, 3.63) is 40.1 Å². The number of carbonyl (C=O) groups is 1. The fraction of sp³-hybridized carbons (Fsp3) is 0.476. The zero-order chi connectivity index (χ0) is 22.0. The number of aliphatic hydroxyl groups excluding tert-OH is 4. The van der Waals surface area contributed by atoms with Crippen molar-refractivity contribution in [1.82, 2.24) is 0 Å². The zero-order valence-electron chi connectivity index (χ0n) is 16.5. The molecule has 5 atom stereocenters. The van der Waals surface area contributed by atoms with Gasteiger partial charge in [0.2, 0.25) is 6.29 Å². The van der Waals surface area contributed by atoms with Crippen molar-refractivity contribution < 1.29 is 44.2 Å². The number of rotatable bonds is 7. The van der Waals surface area contributed by atoms with Crippen LogP contribution in [0.4, 0.5) is 0 Å². The number of ether oxygens (including phenoxy) is 4. The summed E-state index contributed by atoms with van der Waals surface area (Å²) in [5.74, 6) is 1.42. The van der Waals surface area contributed by atoms with E-state index in [-0.39, 0.29) is 18.0 Å². The third-order valence-corrected chi connectivity index (χ3v) is 6.16. The van der Waals surface area contributed by atoms with Crippen LogP contribution in [0.2, 0.25) is 0 Å². The van der Waals surface area contributed by atoms with Crippen LogP contribution in [0, 0.1) is 0 Å². The molecule has 0 bridgehead atoms. The lowest BCUT2D eigenvalue weighted by Crippen LogP contribution is -2.60. The molecule has 10 heteroatoms. The summed E-state index contributed by atoms with van der Waals surface area (Å²) in [4.78, 5) is 13.1. The summed E-state index contributed by atoms with van der Waals surface area (Å²) in [5, 5.41) is 40.9. The largest absolute Gasteiger partial charge is 0.486 e. The average Bonchev–Trinajstić information content (AvgIpc) is 3.26. The van der Waals surface area contributed by atoms with Crippen LogP contribution in [-0.2, 0) is 11.2 Å². The van der Waals surface area contributed by atoms with Crippen LogP contribution in [0.5, 0.6) is 17.2 Å². The summed E-state index contributed by atoms with van der Waals surface area (Å²) in [7, 11) is 0. The Labute approximate surface area is 182 Å². The van der Waals surface area contributed by atoms with E-state index in [4.69, 9.17) is 18.9 Å². The molecule has 1 aromatic heterocycles. The molecule has 4 N–H and O–H groups in total. The van der Waals surface area contributed by atoms with E-state index in [1.807, 2.05) is 18.2 Å². The first-order valence-electron chi connectivity index (χ1n) is 9.94. The summed E-state index contributed by atoms with van der Waals surface area (Å²) >= 11 is 1.20. The molecule has 0 saturated carbocycles. The Morgan fingerprint density at radius 1 is 1.06 bits per heavy atom. The third kappa shape index (κ3) is 4.69. The van der Waals surface area contributed by atoms with Crippen LogP contribution in [-0.4, -0.2) is 76.7 Å². The van der Waals surface area contributed by atoms with Gasteiger partial charge in [-0.15, -0.1) is 11.3 Å². The number of fused-ring (bicyclic) bond motifs is 1. The van der Waals surface area contributed by atoms with E-state index >= 15 is 0 Å². The van der Waals surface area contributed by atoms with Gasteiger partial charge < -0.3 is 39.4 Å². The predicted molar refractivity (Wildman–Crippen MR) is 109 cm³/mol. The number of carbonyl (C=O) groups excluding carboxylic acids is 1. The molecule has 0 aliphatic carbocycles. The fourth-order valence-electron chi connectivity index (χ4n) is 3.50. The van der Waals surface area contributed by atoms with Gasteiger partial charge in [-0.1, -0.05) is 6.07 Å². The molecule has 1 saturated heterocycles. The topological polar surface area (TPSA) is 135 Å². The Morgan fingerprint density at radius 2 is 1.84 bits per heavy atom. The van der Waals surface area contributed by atoms with Gasteiger partial charge in [0.05, 0.1) is 6.61 Å². The lowest BCUT2D eigenvalue weighted by Gasteiger charge is -2.39. The van der Waals surface area contributed by atoms with Crippen molar-refractivity contribution >= 4 is 17.1 Å². The standard InChI is InChI=1S/C21H24O9S/c22-10-16-17(24)18(25)19(26)21(30-16)29-14-5-8-31-20(14)12(23)3-1-11-2-4-13-15(9-11)28-7-6-27-13/h2,4-5,8-9,16-19,21-22,24-26H,1,3,6-7,10H2. The second-order valence-electron chi connectivity index (χ2n) is 7.33. The van der Waals surface area contributed by atoms with Gasteiger partial charge in [0.15, 0.2) is 17.3 Å². The minimum absolute atomic E-state index is 0.149. The number of ketones is 1. The Balaban J connectivity index is 1.40. The molecule has 4 rings (SSSR count). The van der Waals surface area contributed by atoms with Crippen LogP contribution in [0.1, 0.15) is 21.7 Å². The minimum Gasteiger partial charge on any atom is -0.486 e. The maximum absolute atomic E-state index is 12.8. The van der Waals surface area contributed by atoms with Gasteiger partial charge in [-0.3, -0.25) is 4.79 Å². The summed E-state index contributed by atoms with van der Waals surface area (Å²) in [6.07, 6.45) is -6.28. The first-order valence-corrected chi connectivity index (χ1v) is 10.8. The molecule has 2 aliphatic heterocycles. The summed E-state index contributed by atoms with van der Waals surface area (Å²) in [5.41, 5.74) is 0.936. The van der Waals surface area contributed by atoms with Gasteiger partial charge in [0, 0.05) is 6.42 Å². The zero-order valence-corrected chi connectivity index (χ0v) is 17.4. The van der Waals surface area contributed by atoms with Crippen molar-refractivity contribution in [2.75, 3.05) is 19.8 Å². The summed E-state index contributed by atoms with van der Waals surface area (Å²) in [6, 6.07) is 7.15. The van der Waals surface area contributed by atoms with Gasteiger partial charge in [0.1, 0.15) is 48.3 Å². The van der Waals surface area contributed by atoms with Gasteiger partial charge >= 0.3 is 0 Å². The molecule has 2 aromatic rings. The molecule has 0 spiro atoms. The molecule has 0 amide bonds. The van der Waals surface area contributed by atoms with Crippen molar-refractivity contribution in [3.63, 3.8) is 0 Å². The first kappa shape index (κ1) is 22.0. The van der Waals surface area contributed by atoms with Gasteiger partial charge in [-0.25, -0.2) is 0 Å². The fourth-order valence-corrected chi connectivity index (χ4v) is 4.29. The first-order chi connectivity index (χ1) is 15.0. The molecule has 5 unspecified atom stereocenters. The van der Waals surface area contributed by atoms with Crippen LogP contribution in [0.3, 0.4) is 0 Å². The number of hydrogen-bond acceptors (Lipinski definition) is 10. The molecule has 31 heavy (non-hydrogen) atoms. The molecule has 1 aromatic carbocycles. The molecule has 2 aliphatic rings. The lowest BCUT2D eigenvalue weighted by molar-refractivity contribution is -0.277. The highest BCUT2D eigenvalue weighted by atomic mass is 32.1. The molecule has 0 radical (unpaired) electrons. The van der Waals surface area contributed by atoms with Crippen LogP contribution >= 0.6 is 11.3 Å². The Bertz CT molecular complexity index is 912. The van der Waals surface area contributed by atoms with E-state index in [9.17, 15) is 25.2 Å². The second-order valence-corrected chi connectivity index (χ2v) is 8.25. The minimum atomic E-state index is -1.55. The Morgan fingerprint density at radius 3 is 2.61 bits per heavy atom. The number of benzene rings is 1. The van der Waals surface area contributed by atoms with E-state index < -0.39 is 37.3 Å². The molecular weight excluding hydrogens is 428 g/mol. The average molecular weight is 452 g/mol. The molecule has 3 heterocycles. The summed E-state index contributed by atoms with van der Waals surface area (Å²) in [6.45, 7) is 0.444. The van der Waals surface area contributed by atoms with E-state index in [2.05, 4.69) is 0 Å². The predicted octanol–water partition coefficient (Wildman–Crippen LogP) is 0.513. The van der Waals surface area contributed by atoms with Crippen molar-refractivity contribution in [2.45, 2.75) is 43.5 Å². The number of thiophene rings is 1. The summed E-state index contributed by atoms with van der Waals surface area (Å²) < 4.78 is 22.1.